The van der Waals surface area contributed by atoms with E-state index in [1.807, 2.05) is 29.5 Å². The van der Waals surface area contributed by atoms with Crippen LogP contribution in [0.1, 0.15) is 22.9 Å². The number of benzene rings is 9. The Labute approximate surface area is 341 Å². The molecule has 5 nitrogen and oxygen atoms in total. The van der Waals surface area contributed by atoms with Crippen LogP contribution in [0.25, 0.3) is 96.7 Å². The molecule has 0 fully saturated rings. The predicted molar refractivity (Wildman–Crippen MR) is 246 cm³/mol. The van der Waals surface area contributed by atoms with Gasteiger partial charge in [-0.2, -0.15) is 0 Å². The smallest absolute Gasteiger partial charge is 0.160 e. The molecule has 1 aliphatic rings. The average molecular weight is 774 g/mol. The zero-order valence-corrected chi connectivity index (χ0v) is 32.3. The van der Waals surface area contributed by atoms with Crippen LogP contribution in [0.4, 0.5) is 0 Å². The fraction of sp³-hybridized carbons (Fsp3) is 0.0189. The van der Waals surface area contributed by atoms with E-state index in [2.05, 4.69) is 163 Å². The Hall–Kier alpha value is -7.54. The summed E-state index contributed by atoms with van der Waals surface area (Å²) in [6.07, 6.45) is -0.429. The van der Waals surface area contributed by atoms with Gasteiger partial charge in [-0.25, -0.2) is 9.98 Å². The molecule has 0 bridgehead atoms. The molecule has 3 aromatic heterocycles. The van der Waals surface area contributed by atoms with Gasteiger partial charge in [-0.15, -0.1) is 11.3 Å². The van der Waals surface area contributed by atoms with E-state index in [-0.39, 0.29) is 0 Å². The van der Waals surface area contributed by atoms with Gasteiger partial charge >= 0.3 is 0 Å². The standard InChI is InChI=1S/C53H31N3O2S/c1-2-11-34-30(10-1)20-21-31-28-32(22-24-35(31)34)51-54-52(33-23-27-45-42(29-33)36-12-3-6-16-43(36)57-45)56-53(55-51)41-26-25-38(50-49(41)39-13-4-7-17-44(39)58-50)37-15-9-19-47-48(37)40-14-5-8-18-46(40)59-47/h1-29,52H,(H,54,55,56). The summed E-state index contributed by atoms with van der Waals surface area (Å²) >= 11 is 1.83. The van der Waals surface area contributed by atoms with E-state index >= 15 is 0 Å². The minimum Gasteiger partial charge on any atom is -0.456 e. The van der Waals surface area contributed by atoms with Crippen LogP contribution < -0.4 is 5.32 Å². The minimum atomic E-state index is -0.429. The molecule has 0 saturated carbocycles. The zero-order valence-electron chi connectivity index (χ0n) is 31.4. The van der Waals surface area contributed by atoms with Crippen LogP contribution >= 0.6 is 11.3 Å². The summed E-state index contributed by atoms with van der Waals surface area (Å²) in [5.74, 6) is 1.40. The monoisotopic (exact) mass is 773 g/mol. The quantitative estimate of drug-likeness (QED) is 0.181. The van der Waals surface area contributed by atoms with E-state index in [1.54, 1.807) is 0 Å². The van der Waals surface area contributed by atoms with Crippen molar-refractivity contribution in [1.29, 1.82) is 0 Å². The maximum Gasteiger partial charge on any atom is 0.160 e. The molecule has 12 aromatic rings. The number of aliphatic imine (C=N–C) groups is 2. The van der Waals surface area contributed by atoms with E-state index < -0.39 is 6.17 Å². The maximum absolute atomic E-state index is 6.87. The lowest BCUT2D eigenvalue weighted by Crippen LogP contribution is -2.33. The third kappa shape index (κ3) is 4.97. The van der Waals surface area contributed by atoms with Crippen molar-refractivity contribution in [3.8, 4) is 11.1 Å². The van der Waals surface area contributed by atoms with Crippen LogP contribution in [-0.4, -0.2) is 11.7 Å². The van der Waals surface area contributed by atoms with E-state index in [0.29, 0.717) is 5.84 Å². The lowest BCUT2D eigenvalue weighted by Gasteiger charge is -2.24. The fourth-order valence-corrected chi connectivity index (χ4v) is 10.3. The Morgan fingerprint density at radius 3 is 2.08 bits per heavy atom. The average Bonchev–Trinajstić information content (AvgIpc) is 4.00. The van der Waals surface area contributed by atoms with Crippen molar-refractivity contribution < 1.29 is 8.83 Å². The number of para-hydroxylation sites is 2. The molecule has 0 spiro atoms. The van der Waals surface area contributed by atoms with E-state index in [1.165, 1.54) is 36.3 Å². The third-order valence-electron chi connectivity index (χ3n) is 11.9. The van der Waals surface area contributed by atoms with Crippen molar-refractivity contribution in [3.05, 3.63) is 193 Å². The largest absolute Gasteiger partial charge is 0.456 e. The second-order valence-electron chi connectivity index (χ2n) is 15.3. The minimum absolute atomic E-state index is 0.429. The van der Waals surface area contributed by atoms with Gasteiger partial charge in [0.25, 0.3) is 0 Å². The van der Waals surface area contributed by atoms with Crippen molar-refractivity contribution >= 4 is 109 Å². The van der Waals surface area contributed by atoms with Crippen molar-refractivity contribution in [3.63, 3.8) is 0 Å². The maximum atomic E-state index is 6.87. The van der Waals surface area contributed by atoms with Gasteiger partial charge in [0.15, 0.2) is 5.84 Å². The summed E-state index contributed by atoms with van der Waals surface area (Å²) in [5, 5.41) is 15.2. The highest BCUT2D eigenvalue weighted by Crippen LogP contribution is 2.45. The van der Waals surface area contributed by atoms with Crippen LogP contribution in [0, 0.1) is 0 Å². The number of fused-ring (bicyclic) bond motifs is 12. The second kappa shape index (κ2) is 12.5. The van der Waals surface area contributed by atoms with E-state index in [4.69, 9.17) is 18.8 Å². The van der Waals surface area contributed by atoms with Crippen molar-refractivity contribution in [2.75, 3.05) is 0 Å². The Morgan fingerprint density at radius 2 is 1.17 bits per heavy atom. The van der Waals surface area contributed by atoms with E-state index in [0.717, 1.165) is 82.9 Å². The molecule has 0 radical (unpaired) electrons. The summed E-state index contributed by atoms with van der Waals surface area (Å²) in [7, 11) is 0. The molecule has 9 aromatic carbocycles. The molecule has 6 heteroatoms. The number of hydrogen-bond donors (Lipinski definition) is 1. The summed E-state index contributed by atoms with van der Waals surface area (Å²) in [6.45, 7) is 0. The highest BCUT2D eigenvalue weighted by Gasteiger charge is 2.26. The molecular formula is C53H31N3O2S. The van der Waals surface area contributed by atoms with Crippen LogP contribution in [0.2, 0.25) is 0 Å². The number of rotatable bonds is 4. The Kier molecular flexibility index (Phi) is 6.88. The topological polar surface area (TPSA) is 63.0 Å². The third-order valence-corrected chi connectivity index (χ3v) is 13.1. The lowest BCUT2D eigenvalue weighted by molar-refractivity contribution is 0.663. The van der Waals surface area contributed by atoms with Gasteiger partial charge in [0.05, 0.1) is 0 Å². The number of furan rings is 2. The summed E-state index contributed by atoms with van der Waals surface area (Å²) in [4.78, 5) is 10.8. The number of hydrogen-bond acceptors (Lipinski definition) is 6. The highest BCUT2D eigenvalue weighted by molar-refractivity contribution is 7.25. The first-order chi connectivity index (χ1) is 29.2. The van der Waals surface area contributed by atoms with Gasteiger partial charge in [-0.3, -0.25) is 0 Å². The summed E-state index contributed by atoms with van der Waals surface area (Å²) in [6, 6.07) is 62.0. The first kappa shape index (κ1) is 32.5. The fourth-order valence-electron chi connectivity index (χ4n) is 9.19. The first-order valence-corrected chi connectivity index (χ1v) is 20.6. The molecule has 1 atom stereocenters. The molecule has 1 unspecified atom stereocenters. The predicted octanol–water partition coefficient (Wildman–Crippen LogP) is 14.3. The summed E-state index contributed by atoms with van der Waals surface area (Å²) < 4.78 is 15.6. The van der Waals surface area contributed by atoms with E-state index in [9.17, 15) is 0 Å². The molecule has 0 saturated heterocycles. The van der Waals surface area contributed by atoms with Crippen LogP contribution in [0.5, 0.6) is 0 Å². The normalized spacial score (nSPS) is 14.6. The number of amidine groups is 2. The van der Waals surface area contributed by atoms with Gasteiger partial charge in [-0.1, -0.05) is 121 Å². The molecule has 1 aliphatic heterocycles. The van der Waals surface area contributed by atoms with Crippen molar-refractivity contribution in [1.82, 2.24) is 5.32 Å². The molecule has 1 N–H and O–H groups in total. The molecule has 59 heavy (non-hydrogen) atoms. The van der Waals surface area contributed by atoms with Crippen molar-refractivity contribution in [2.24, 2.45) is 9.98 Å². The zero-order chi connectivity index (χ0) is 38.6. The molecule has 0 aliphatic carbocycles. The highest BCUT2D eigenvalue weighted by atomic mass is 32.1. The first-order valence-electron chi connectivity index (χ1n) is 19.8. The van der Waals surface area contributed by atoms with Crippen LogP contribution in [-0.2, 0) is 0 Å². The van der Waals surface area contributed by atoms with Crippen molar-refractivity contribution in [2.45, 2.75) is 6.17 Å². The molecular weight excluding hydrogens is 743 g/mol. The van der Waals surface area contributed by atoms with Gasteiger partial charge in [-0.05, 0) is 87.3 Å². The second-order valence-corrected chi connectivity index (χ2v) is 16.4. The lowest BCUT2D eigenvalue weighted by atomic mass is 9.94. The van der Waals surface area contributed by atoms with Gasteiger partial charge in [0.1, 0.15) is 34.3 Å². The van der Waals surface area contributed by atoms with Crippen LogP contribution in [0.15, 0.2) is 195 Å². The molecule has 4 heterocycles. The number of nitrogens with one attached hydrogen (secondary N) is 1. The van der Waals surface area contributed by atoms with Gasteiger partial charge < -0.3 is 14.2 Å². The van der Waals surface area contributed by atoms with Crippen LogP contribution in [0.3, 0.4) is 0 Å². The molecule has 0 amide bonds. The Bertz CT molecular complexity index is 3790. The number of nitrogens with zero attached hydrogens (tertiary/aromatic N) is 2. The SMILES string of the molecule is c1ccc2c(c1)ccc1cc(C3=NC(c4ccc(-c5cccc6sc7ccccc7c56)c5oc6ccccc6c45)=NC(c4ccc5oc6ccccc6c5c4)N3)ccc12. The molecule has 13 rings (SSSR count). The number of thiophene rings is 1. The summed E-state index contributed by atoms with van der Waals surface area (Å²) in [5.41, 5.74) is 8.48. The van der Waals surface area contributed by atoms with Gasteiger partial charge in [0, 0.05) is 58.4 Å². The molecule has 276 valence electrons. The van der Waals surface area contributed by atoms with Gasteiger partial charge in [0.2, 0.25) is 0 Å². The Balaban J connectivity index is 1.04. The Morgan fingerprint density at radius 1 is 0.458 bits per heavy atom.